The molecule has 0 saturated carbocycles. The van der Waals surface area contributed by atoms with Gasteiger partial charge < -0.3 is 20.6 Å². The van der Waals surface area contributed by atoms with Crippen LogP contribution in [0, 0.1) is 0 Å². The number of carboxylic acids is 1. The smallest absolute Gasteiger partial charge is 0.339 e. The highest BCUT2D eigenvalue weighted by Gasteiger charge is 2.18. The molecule has 0 aromatic heterocycles. The van der Waals surface area contributed by atoms with Crippen molar-refractivity contribution in [3.05, 3.63) is 17.7 Å². The van der Waals surface area contributed by atoms with Gasteiger partial charge in [0.1, 0.15) is 17.0 Å². The van der Waals surface area contributed by atoms with Gasteiger partial charge in [-0.3, -0.25) is 4.79 Å². The summed E-state index contributed by atoms with van der Waals surface area (Å²) in [4.78, 5) is 22.4. The van der Waals surface area contributed by atoms with Gasteiger partial charge in [0.25, 0.3) is 0 Å². The van der Waals surface area contributed by atoms with Gasteiger partial charge in [0.2, 0.25) is 5.91 Å². The van der Waals surface area contributed by atoms with Crippen LogP contribution in [0.15, 0.2) is 12.1 Å². The number of carboxylic acid groups (broad SMARTS) is 1. The molecular weight excluding hydrogens is 250 g/mol. The minimum atomic E-state index is -1.33. The number of rotatable bonds is 6. The number of carbonyl (C=O) groups excluding carboxylic acids is 1. The SMILES string of the molecule is CCCCCC(=O)Nc1c(O)ccc(C(=O)O)c1O. The van der Waals surface area contributed by atoms with Crippen LogP contribution in [0.1, 0.15) is 43.0 Å². The number of amides is 1. The van der Waals surface area contributed by atoms with E-state index in [1.54, 1.807) is 0 Å². The lowest BCUT2D eigenvalue weighted by Gasteiger charge is -2.11. The molecule has 104 valence electrons. The van der Waals surface area contributed by atoms with Crippen LogP contribution >= 0.6 is 0 Å². The van der Waals surface area contributed by atoms with Crippen LogP contribution in [0.4, 0.5) is 5.69 Å². The number of nitrogens with one attached hydrogen (secondary N) is 1. The molecule has 0 aliphatic heterocycles. The van der Waals surface area contributed by atoms with Gasteiger partial charge in [-0.1, -0.05) is 19.8 Å². The predicted molar refractivity (Wildman–Crippen MR) is 69.5 cm³/mol. The quantitative estimate of drug-likeness (QED) is 0.467. The molecule has 0 bridgehead atoms. The molecule has 0 radical (unpaired) electrons. The van der Waals surface area contributed by atoms with Crippen LogP contribution in [-0.4, -0.2) is 27.2 Å². The second kappa shape index (κ2) is 6.63. The number of phenols is 2. The Morgan fingerprint density at radius 1 is 1.21 bits per heavy atom. The third kappa shape index (κ3) is 3.87. The maximum atomic E-state index is 11.6. The molecule has 0 aliphatic rings. The largest absolute Gasteiger partial charge is 0.506 e. The first-order valence-corrected chi connectivity index (χ1v) is 6.05. The number of hydrogen-bond acceptors (Lipinski definition) is 4. The van der Waals surface area contributed by atoms with Crippen LogP contribution in [0.25, 0.3) is 0 Å². The van der Waals surface area contributed by atoms with Crippen LogP contribution in [-0.2, 0) is 4.79 Å². The summed E-state index contributed by atoms with van der Waals surface area (Å²) in [6, 6.07) is 2.19. The van der Waals surface area contributed by atoms with E-state index in [4.69, 9.17) is 5.11 Å². The molecule has 6 nitrogen and oxygen atoms in total. The standard InChI is InChI=1S/C13H17NO5/c1-2-3-4-5-10(16)14-11-9(15)7-6-8(12(11)17)13(18)19/h6-7,15,17H,2-5H2,1H3,(H,14,16)(H,18,19). The Balaban J connectivity index is 2.85. The summed E-state index contributed by atoms with van der Waals surface area (Å²) in [5.74, 6) is -2.72. The van der Waals surface area contributed by atoms with Crippen molar-refractivity contribution in [1.82, 2.24) is 0 Å². The maximum absolute atomic E-state index is 11.6. The highest BCUT2D eigenvalue weighted by Crippen LogP contribution is 2.36. The van der Waals surface area contributed by atoms with E-state index >= 15 is 0 Å². The highest BCUT2D eigenvalue weighted by molar-refractivity contribution is 5.99. The van der Waals surface area contributed by atoms with Gasteiger partial charge >= 0.3 is 5.97 Å². The van der Waals surface area contributed by atoms with Crippen molar-refractivity contribution < 1.29 is 24.9 Å². The van der Waals surface area contributed by atoms with Gasteiger partial charge in [-0.15, -0.1) is 0 Å². The molecule has 0 saturated heterocycles. The highest BCUT2D eigenvalue weighted by atomic mass is 16.4. The number of aromatic hydroxyl groups is 2. The van der Waals surface area contributed by atoms with E-state index in [1.807, 2.05) is 6.92 Å². The molecular formula is C13H17NO5. The van der Waals surface area contributed by atoms with E-state index < -0.39 is 11.7 Å². The number of hydrogen-bond donors (Lipinski definition) is 4. The Morgan fingerprint density at radius 3 is 2.47 bits per heavy atom. The zero-order valence-electron chi connectivity index (χ0n) is 10.6. The second-order valence-electron chi connectivity index (χ2n) is 4.17. The Bertz CT molecular complexity index is 484. The number of phenolic OH excluding ortho intramolecular Hbond substituents is 1. The Kier molecular flexibility index (Phi) is 5.17. The fourth-order valence-corrected chi connectivity index (χ4v) is 1.61. The molecule has 1 rings (SSSR count). The Hall–Kier alpha value is -2.24. The van der Waals surface area contributed by atoms with Gasteiger partial charge in [0.05, 0.1) is 0 Å². The van der Waals surface area contributed by atoms with E-state index in [2.05, 4.69) is 5.32 Å². The molecule has 0 fully saturated rings. The Labute approximate surface area is 110 Å². The molecule has 0 heterocycles. The van der Waals surface area contributed by atoms with Crippen molar-refractivity contribution in [2.24, 2.45) is 0 Å². The lowest BCUT2D eigenvalue weighted by Crippen LogP contribution is -2.12. The number of carbonyl (C=O) groups is 2. The molecule has 0 unspecified atom stereocenters. The summed E-state index contributed by atoms with van der Waals surface area (Å²) in [7, 11) is 0. The molecule has 1 amide bonds. The number of anilines is 1. The minimum absolute atomic E-state index is 0.254. The van der Waals surface area contributed by atoms with Crippen molar-refractivity contribution in [2.45, 2.75) is 32.6 Å². The van der Waals surface area contributed by atoms with Gasteiger partial charge in [0.15, 0.2) is 5.75 Å². The molecule has 19 heavy (non-hydrogen) atoms. The predicted octanol–water partition coefficient (Wildman–Crippen LogP) is 2.31. The molecule has 0 spiro atoms. The minimum Gasteiger partial charge on any atom is -0.506 e. The van der Waals surface area contributed by atoms with Crippen molar-refractivity contribution in [1.29, 1.82) is 0 Å². The number of unbranched alkanes of at least 4 members (excludes halogenated alkanes) is 2. The molecule has 1 aromatic carbocycles. The average Bonchev–Trinajstić information content (AvgIpc) is 2.34. The first kappa shape index (κ1) is 14.8. The molecule has 0 aliphatic carbocycles. The first-order valence-electron chi connectivity index (χ1n) is 6.05. The number of aromatic carboxylic acids is 1. The van der Waals surface area contributed by atoms with Gasteiger partial charge in [-0.05, 0) is 18.6 Å². The summed E-state index contributed by atoms with van der Waals surface area (Å²) in [6.07, 6.45) is 2.82. The van der Waals surface area contributed by atoms with Gasteiger partial charge in [-0.2, -0.15) is 0 Å². The normalized spacial score (nSPS) is 10.2. The van der Waals surface area contributed by atoms with Gasteiger partial charge in [-0.25, -0.2) is 4.79 Å². The van der Waals surface area contributed by atoms with E-state index in [-0.39, 0.29) is 29.3 Å². The van der Waals surface area contributed by atoms with Crippen LogP contribution in [0.5, 0.6) is 11.5 Å². The van der Waals surface area contributed by atoms with E-state index in [1.165, 1.54) is 0 Å². The molecule has 6 heteroatoms. The van der Waals surface area contributed by atoms with Crippen molar-refractivity contribution >= 4 is 17.6 Å². The fraction of sp³-hybridized carbons (Fsp3) is 0.385. The first-order chi connectivity index (χ1) is 8.97. The van der Waals surface area contributed by atoms with E-state index in [0.29, 0.717) is 6.42 Å². The van der Waals surface area contributed by atoms with Gasteiger partial charge in [0, 0.05) is 6.42 Å². The summed E-state index contributed by atoms with van der Waals surface area (Å²) in [5, 5.41) is 30.4. The topological polar surface area (TPSA) is 107 Å². The monoisotopic (exact) mass is 267 g/mol. The summed E-state index contributed by atoms with van der Waals surface area (Å²) in [5.41, 5.74) is -0.636. The van der Waals surface area contributed by atoms with Crippen LogP contribution in [0.2, 0.25) is 0 Å². The zero-order valence-corrected chi connectivity index (χ0v) is 10.6. The number of benzene rings is 1. The molecule has 4 N–H and O–H groups in total. The summed E-state index contributed by atoms with van der Waals surface area (Å²) < 4.78 is 0. The third-order valence-electron chi connectivity index (χ3n) is 2.66. The van der Waals surface area contributed by atoms with E-state index in [9.17, 15) is 19.8 Å². The Morgan fingerprint density at radius 2 is 1.89 bits per heavy atom. The van der Waals surface area contributed by atoms with Crippen molar-refractivity contribution in [3.8, 4) is 11.5 Å². The van der Waals surface area contributed by atoms with Crippen LogP contribution in [0.3, 0.4) is 0 Å². The van der Waals surface area contributed by atoms with Crippen molar-refractivity contribution in [3.63, 3.8) is 0 Å². The maximum Gasteiger partial charge on any atom is 0.339 e. The van der Waals surface area contributed by atoms with Crippen LogP contribution < -0.4 is 5.32 Å². The van der Waals surface area contributed by atoms with E-state index in [0.717, 1.165) is 25.0 Å². The lowest BCUT2D eigenvalue weighted by atomic mass is 10.1. The summed E-state index contributed by atoms with van der Waals surface area (Å²) in [6.45, 7) is 2.01. The summed E-state index contributed by atoms with van der Waals surface area (Å²) >= 11 is 0. The fourth-order valence-electron chi connectivity index (χ4n) is 1.61. The second-order valence-corrected chi connectivity index (χ2v) is 4.17. The lowest BCUT2D eigenvalue weighted by molar-refractivity contribution is -0.116. The molecule has 0 atom stereocenters. The zero-order chi connectivity index (χ0) is 14.4. The third-order valence-corrected chi connectivity index (χ3v) is 2.66. The average molecular weight is 267 g/mol. The molecule has 1 aromatic rings. The van der Waals surface area contributed by atoms with Crippen molar-refractivity contribution in [2.75, 3.05) is 5.32 Å².